The van der Waals surface area contributed by atoms with Crippen LogP contribution in [0.25, 0.3) is 0 Å². The molecule has 0 saturated carbocycles. The Morgan fingerprint density at radius 2 is 1.65 bits per heavy atom. The Hall–Kier alpha value is -2.79. The molecule has 0 fully saturated rings. The van der Waals surface area contributed by atoms with E-state index in [1.54, 1.807) is 42.6 Å². The van der Waals surface area contributed by atoms with Crippen LogP contribution in [0.2, 0.25) is 0 Å². The van der Waals surface area contributed by atoms with Gasteiger partial charge in [0.05, 0.1) is 5.71 Å². The maximum atomic E-state index is 13.6. The summed E-state index contributed by atoms with van der Waals surface area (Å²) in [5.74, 6) is -0.272. The van der Waals surface area contributed by atoms with Crippen molar-refractivity contribution in [2.45, 2.75) is 10.4 Å². The Bertz CT molecular complexity index is 984. The van der Waals surface area contributed by atoms with E-state index in [1.807, 2.05) is 30.5 Å². The van der Waals surface area contributed by atoms with Crippen LogP contribution < -0.4 is 0 Å². The predicted octanol–water partition coefficient (Wildman–Crippen LogP) is 4.72. The number of aliphatic imine (C=N–C) groups is 2. The van der Waals surface area contributed by atoms with Crippen LogP contribution in [0.5, 0.6) is 0 Å². The van der Waals surface area contributed by atoms with E-state index in [0.29, 0.717) is 0 Å². The molecule has 0 bridgehead atoms. The van der Waals surface area contributed by atoms with Crippen LogP contribution in [0.15, 0.2) is 87.9 Å². The molecule has 1 unspecified atom stereocenters. The fraction of sp³-hybridized carbons (Fsp3) is 0.0952. The molecule has 5 heteroatoms. The number of hydrogen-bond acceptors (Lipinski definition) is 4. The van der Waals surface area contributed by atoms with Gasteiger partial charge in [-0.1, -0.05) is 30.3 Å². The molecule has 0 aliphatic carbocycles. The maximum absolute atomic E-state index is 13.6. The van der Waals surface area contributed by atoms with E-state index in [9.17, 15) is 4.39 Å². The van der Waals surface area contributed by atoms with Crippen molar-refractivity contribution in [1.82, 2.24) is 4.98 Å². The first-order chi connectivity index (χ1) is 12.8. The minimum atomic E-state index is -0.811. The fourth-order valence-electron chi connectivity index (χ4n) is 3.32. The van der Waals surface area contributed by atoms with Gasteiger partial charge >= 0.3 is 0 Å². The van der Waals surface area contributed by atoms with Crippen LogP contribution in [0.3, 0.4) is 0 Å². The van der Waals surface area contributed by atoms with Crippen LogP contribution in [-0.4, -0.2) is 23.3 Å². The molecule has 3 aromatic rings. The van der Waals surface area contributed by atoms with E-state index in [1.165, 1.54) is 12.1 Å². The van der Waals surface area contributed by atoms with Crippen LogP contribution in [0.4, 0.5) is 4.39 Å². The van der Waals surface area contributed by atoms with Crippen LogP contribution >= 0.6 is 11.8 Å². The molecular weight excluding hydrogens is 345 g/mol. The zero-order valence-electron chi connectivity index (χ0n) is 14.1. The minimum Gasteiger partial charge on any atom is -0.265 e. The molecule has 0 N–H and O–H groups in total. The summed E-state index contributed by atoms with van der Waals surface area (Å²) in [5, 5.41) is 0. The molecule has 0 saturated heterocycles. The summed E-state index contributed by atoms with van der Waals surface area (Å²) in [4.78, 5) is 14.6. The Kier molecular flexibility index (Phi) is 4.39. The number of halogens is 1. The Morgan fingerprint density at radius 1 is 0.923 bits per heavy atom. The number of nitrogens with zero attached hydrogens (tertiary/aromatic N) is 3. The second-order valence-electron chi connectivity index (χ2n) is 5.88. The van der Waals surface area contributed by atoms with E-state index >= 15 is 0 Å². The van der Waals surface area contributed by atoms with Gasteiger partial charge in [0.15, 0.2) is 5.54 Å². The summed E-state index contributed by atoms with van der Waals surface area (Å²) < 4.78 is 13.6. The first-order valence-electron chi connectivity index (χ1n) is 8.17. The highest BCUT2D eigenvalue weighted by Gasteiger charge is 2.43. The average Bonchev–Trinajstić information content (AvgIpc) is 3.15. The number of thioether (sulfide) groups is 1. The highest BCUT2D eigenvalue weighted by Crippen LogP contribution is 2.43. The van der Waals surface area contributed by atoms with E-state index in [-0.39, 0.29) is 5.82 Å². The lowest BCUT2D eigenvalue weighted by atomic mass is 9.77. The van der Waals surface area contributed by atoms with E-state index in [2.05, 4.69) is 22.1 Å². The minimum absolute atomic E-state index is 0.272. The SMILES string of the molecule is CSc1ccccc1C1(c2ccc(F)cc2)N=CN=C1c1ccncc1. The predicted molar refractivity (Wildman–Crippen MR) is 105 cm³/mol. The van der Waals surface area contributed by atoms with Crippen molar-refractivity contribution < 1.29 is 4.39 Å². The quantitative estimate of drug-likeness (QED) is 0.631. The largest absolute Gasteiger partial charge is 0.265 e. The zero-order valence-corrected chi connectivity index (χ0v) is 14.9. The van der Waals surface area contributed by atoms with Gasteiger partial charge in [-0.05, 0) is 42.2 Å². The van der Waals surface area contributed by atoms with Gasteiger partial charge < -0.3 is 0 Å². The molecule has 1 aliphatic heterocycles. The summed E-state index contributed by atoms with van der Waals surface area (Å²) in [6.45, 7) is 0. The Labute approximate surface area is 155 Å². The molecule has 1 atom stereocenters. The van der Waals surface area contributed by atoms with Gasteiger partial charge in [-0.2, -0.15) is 0 Å². The van der Waals surface area contributed by atoms with E-state index < -0.39 is 5.54 Å². The second-order valence-corrected chi connectivity index (χ2v) is 6.72. The molecule has 2 heterocycles. The Morgan fingerprint density at radius 3 is 2.38 bits per heavy atom. The second kappa shape index (κ2) is 6.84. The van der Waals surface area contributed by atoms with E-state index in [4.69, 9.17) is 4.99 Å². The molecule has 26 heavy (non-hydrogen) atoms. The van der Waals surface area contributed by atoms with Crippen molar-refractivity contribution in [3.63, 3.8) is 0 Å². The van der Waals surface area contributed by atoms with Crippen molar-refractivity contribution in [2.24, 2.45) is 9.98 Å². The number of hydrogen-bond donors (Lipinski definition) is 0. The van der Waals surface area contributed by atoms with Gasteiger partial charge in [0.25, 0.3) is 0 Å². The molecule has 1 aromatic heterocycles. The molecule has 3 nitrogen and oxygen atoms in total. The van der Waals surface area contributed by atoms with Crippen LogP contribution in [0.1, 0.15) is 16.7 Å². The number of aromatic nitrogens is 1. The number of rotatable bonds is 4. The van der Waals surface area contributed by atoms with Gasteiger partial charge in [0.2, 0.25) is 0 Å². The standard InChI is InChI=1S/C21H16FN3S/c1-26-19-5-3-2-4-18(19)21(16-6-8-17(22)9-7-16)20(24-14-25-21)15-10-12-23-13-11-15/h2-14H,1H3. The summed E-state index contributed by atoms with van der Waals surface area (Å²) >= 11 is 1.66. The zero-order chi connectivity index (χ0) is 18.0. The van der Waals surface area contributed by atoms with Crippen molar-refractivity contribution >= 4 is 23.8 Å². The smallest absolute Gasteiger partial charge is 0.156 e. The number of pyridine rings is 1. The number of benzene rings is 2. The molecule has 4 rings (SSSR count). The molecule has 2 aromatic carbocycles. The van der Waals surface area contributed by atoms with Crippen molar-refractivity contribution in [1.29, 1.82) is 0 Å². The first-order valence-corrected chi connectivity index (χ1v) is 9.40. The van der Waals surface area contributed by atoms with Crippen LogP contribution in [0, 0.1) is 5.82 Å². The lowest BCUT2D eigenvalue weighted by Crippen LogP contribution is -2.34. The van der Waals surface area contributed by atoms with Crippen molar-refractivity contribution in [3.05, 3.63) is 95.6 Å². The third-order valence-electron chi connectivity index (χ3n) is 4.49. The maximum Gasteiger partial charge on any atom is 0.156 e. The van der Waals surface area contributed by atoms with Gasteiger partial charge in [0, 0.05) is 28.4 Å². The summed E-state index contributed by atoms with van der Waals surface area (Å²) in [7, 11) is 0. The summed E-state index contributed by atoms with van der Waals surface area (Å²) in [6.07, 6.45) is 7.12. The topological polar surface area (TPSA) is 37.6 Å². The summed E-state index contributed by atoms with van der Waals surface area (Å²) in [6, 6.07) is 18.5. The average molecular weight is 361 g/mol. The van der Waals surface area contributed by atoms with Gasteiger partial charge in [0.1, 0.15) is 12.2 Å². The molecule has 0 amide bonds. The van der Waals surface area contributed by atoms with E-state index in [0.717, 1.165) is 27.3 Å². The molecule has 1 aliphatic rings. The molecule has 0 radical (unpaired) electrons. The summed E-state index contributed by atoms with van der Waals surface area (Å²) in [5.41, 5.74) is 2.85. The third kappa shape index (κ3) is 2.65. The molecule has 128 valence electrons. The first kappa shape index (κ1) is 16.7. The highest BCUT2D eigenvalue weighted by atomic mass is 32.2. The highest BCUT2D eigenvalue weighted by molar-refractivity contribution is 7.98. The molecule has 0 spiro atoms. The lowest BCUT2D eigenvalue weighted by Gasteiger charge is -2.31. The third-order valence-corrected chi connectivity index (χ3v) is 5.29. The molecular formula is C21H16FN3S. The van der Waals surface area contributed by atoms with Crippen molar-refractivity contribution in [3.8, 4) is 0 Å². The van der Waals surface area contributed by atoms with Crippen LogP contribution in [-0.2, 0) is 5.54 Å². The normalized spacial score (nSPS) is 18.8. The fourth-order valence-corrected chi connectivity index (χ4v) is 3.97. The monoisotopic (exact) mass is 361 g/mol. The lowest BCUT2D eigenvalue weighted by molar-refractivity contribution is 0.624. The van der Waals surface area contributed by atoms with Gasteiger partial charge in [-0.15, -0.1) is 11.8 Å². The Balaban J connectivity index is 2.01. The van der Waals surface area contributed by atoms with Crippen molar-refractivity contribution in [2.75, 3.05) is 6.26 Å². The van der Waals surface area contributed by atoms with Gasteiger partial charge in [-0.25, -0.2) is 9.38 Å². The van der Waals surface area contributed by atoms with Gasteiger partial charge in [-0.3, -0.25) is 9.98 Å².